The highest BCUT2D eigenvalue weighted by Crippen LogP contribution is 2.16. The summed E-state index contributed by atoms with van der Waals surface area (Å²) < 4.78 is 5.51. The Hall–Kier alpha value is -2.86. The van der Waals surface area contributed by atoms with Crippen LogP contribution in [0.1, 0.15) is 34.3 Å². The van der Waals surface area contributed by atoms with Gasteiger partial charge in [-0.15, -0.1) is 0 Å². The Morgan fingerprint density at radius 1 is 1.11 bits per heavy atom. The molecule has 0 saturated carbocycles. The molecule has 1 fully saturated rings. The van der Waals surface area contributed by atoms with Crippen molar-refractivity contribution in [3.8, 4) is 0 Å². The monoisotopic (exact) mass is 381 g/mol. The lowest BCUT2D eigenvalue weighted by Gasteiger charge is -2.12. The van der Waals surface area contributed by atoms with Crippen LogP contribution in [0.2, 0.25) is 0 Å². The first-order valence-corrected chi connectivity index (χ1v) is 9.62. The minimum atomic E-state index is -0.118. The van der Waals surface area contributed by atoms with Crippen molar-refractivity contribution in [2.45, 2.75) is 32.8 Å². The van der Waals surface area contributed by atoms with Crippen LogP contribution in [0.15, 0.2) is 42.5 Å². The zero-order valence-corrected chi connectivity index (χ0v) is 16.4. The van der Waals surface area contributed by atoms with Crippen LogP contribution in [0.3, 0.4) is 0 Å². The molecule has 1 aliphatic rings. The molecule has 1 unspecified atom stereocenters. The molecule has 2 aromatic carbocycles. The fraction of sp³-hybridized carbons (Fsp3) is 0.364. The number of nitrogens with one attached hydrogen (secondary N) is 3. The molecule has 6 heteroatoms. The molecule has 0 radical (unpaired) electrons. The highest BCUT2D eigenvalue weighted by Gasteiger charge is 2.16. The first-order valence-electron chi connectivity index (χ1n) is 9.62. The Balaban J connectivity index is 1.46. The molecule has 1 atom stereocenters. The molecule has 2 aromatic rings. The number of carbonyl (C=O) groups excluding carboxylic acids is 2. The molecule has 6 nitrogen and oxygen atoms in total. The number of carbonyl (C=O) groups is 2. The maximum atomic E-state index is 12.2. The molecule has 1 saturated heterocycles. The van der Waals surface area contributed by atoms with Crippen LogP contribution in [-0.4, -0.2) is 37.6 Å². The van der Waals surface area contributed by atoms with Crippen molar-refractivity contribution in [3.63, 3.8) is 0 Å². The predicted molar refractivity (Wildman–Crippen MR) is 111 cm³/mol. The standard InChI is InChI=1S/C22H27N3O3/c1-15-5-6-16(2)20(12-15)25-21(26)14-23-18-9-7-17(8-10-18)22(27)24-13-19-4-3-11-28-19/h5-10,12,19,23H,3-4,11,13-14H2,1-2H3,(H,24,27)(H,25,26). The largest absolute Gasteiger partial charge is 0.376 e. The molecule has 0 aliphatic carbocycles. The molecular weight excluding hydrogens is 354 g/mol. The van der Waals surface area contributed by atoms with E-state index >= 15 is 0 Å². The minimum Gasteiger partial charge on any atom is -0.376 e. The van der Waals surface area contributed by atoms with Gasteiger partial charge >= 0.3 is 0 Å². The highest BCUT2D eigenvalue weighted by molar-refractivity contribution is 5.95. The van der Waals surface area contributed by atoms with Crippen molar-refractivity contribution >= 4 is 23.2 Å². The van der Waals surface area contributed by atoms with Crippen molar-refractivity contribution in [2.24, 2.45) is 0 Å². The number of rotatable bonds is 7. The summed E-state index contributed by atoms with van der Waals surface area (Å²) >= 11 is 0. The second-order valence-electron chi connectivity index (χ2n) is 7.14. The summed E-state index contributed by atoms with van der Waals surface area (Å²) in [6.45, 7) is 5.42. The van der Waals surface area contributed by atoms with Gasteiger partial charge < -0.3 is 20.7 Å². The Labute approximate surface area is 165 Å². The first kappa shape index (κ1) is 19.9. The van der Waals surface area contributed by atoms with E-state index in [0.717, 1.165) is 42.0 Å². The Bertz CT molecular complexity index is 827. The number of hydrogen-bond donors (Lipinski definition) is 3. The van der Waals surface area contributed by atoms with E-state index in [0.29, 0.717) is 12.1 Å². The maximum absolute atomic E-state index is 12.2. The van der Waals surface area contributed by atoms with Crippen LogP contribution in [0, 0.1) is 13.8 Å². The predicted octanol–water partition coefficient (Wildman–Crippen LogP) is 3.26. The zero-order valence-electron chi connectivity index (χ0n) is 16.4. The highest BCUT2D eigenvalue weighted by atomic mass is 16.5. The van der Waals surface area contributed by atoms with E-state index in [9.17, 15) is 9.59 Å². The van der Waals surface area contributed by atoms with Gasteiger partial charge in [0.1, 0.15) is 0 Å². The number of aryl methyl sites for hydroxylation is 2. The molecule has 3 N–H and O–H groups in total. The third kappa shape index (κ3) is 5.57. The van der Waals surface area contributed by atoms with Gasteiger partial charge in [0, 0.05) is 30.1 Å². The lowest BCUT2D eigenvalue weighted by atomic mass is 10.1. The zero-order chi connectivity index (χ0) is 19.9. The van der Waals surface area contributed by atoms with Crippen LogP contribution in [0.25, 0.3) is 0 Å². The van der Waals surface area contributed by atoms with Crippen LogP contribution < -0.4 is 16.0 Å². The fourth-order valence-electron chi connectivity index (χ4n) is 3.10. The molecule has 2 amide bonds. The van der Waals surface area contributed by atoms with Crippen LogP contribution in [-0.2, 0) is 9.53 Å². The van der Waals surface area contributed by atoms with Gasteiger partial charge in [-0.3, -0.25) is 9.59 Å². The van der Waals surface area contributed by atoms with E-state index in [1.54, 1.807) is 24.3 Å². The van der Waals surface area contributed by atoms with Crippen LogP contribution in [0.5, 0.6) is 0 Å². The van der Waals surface area contributed by atoms with Gasteiger partial charge in [-0.2, -0.15) is 0 Å². The van der Waals surface area contributed by atoms with Crippen molar-refractivity contribution in [3.05, 3.63) is 59.2 Å². The van der Waals surface area contributed by atoms with Gasteiger partial charge in [0.2, 0.25) is 5.91 Å². The quantitative estimate of drug-likeness (QED) is 0.688. The van der Waals surface area contributed by atoms with Crippen LogP contribution in [0.4, 0.5) is 11.4 Å². The van der Waals surface area contributed by atoms with E-state index in [2.05, 4.69) is 16.0 Å². The molecule has 148 valence electrons. The smallest absolute Gasteiger partial charge is 0.251 e. The van der Waals surface area contributed by atoms with Gasteiger partial charge in [-0.25, -0.2) is 0 Å². The second kappa shape index (κ2) is 9.37. The summed E-state index contributed by atoms with van der Waals surface area (Å²) in [6, 6.07) is 13.0. The SMILES string of the molecule is Cc1ccc(C)c(NC(=O)CNc2ccc(C(=O)NCC3CCCO3)cc2)c1. The topological polar surface area (TPSA) is 79.5 Å². The van der Waals surface area contributed by atoms with E-state index in [-0.39, 0.29) is 24.5 Å². The summed E-state index contributed by atoms with van der Waals surface area (Å²) in [5.41, 5.74) is 4.32. The maximum Gasteiger partial charge on any atom is 0.251 e. The lowest BCUT2D eigenvalue weighted by Crippen LogP contribution is -2.31. The Morgan fingerprint density at radius 2 is 1.89 bits per heavy atom. The minimum absolute atomic E-state index is 0.116. The van der Waals surface area contributed by atoms with E-state index in [1.807, 2.05) is 32.0 Å². The molecule has 1 heterocycles. The van der Waals surface area contributed by atoms with E-state index in [4.69, 9.17) is 4.74 Å². The molecular formula is C22H27N3O3. The number of benzene rings is 2. The molecule has 0 spiro atoms. The third-order valence-corrected chi connectivity index (χ3v) is 4.78. The average molecular weight is 381 g/mol. The van der Waals surface area contributed by atoms with Gasteiger partial charge in [-0.1, -0.05) is 12.1 Å². The fourth-order valence-corrected chi connectivity index (χ4v) is 3.10. The van der Waals surface area contributed by atoms with Crippen molar-refractivity contribution in [1.29, 1.82) is 0 Å². The summed E-state index contributed by atoms with van der Waals surface area (Å²) in [6.07, 6.45) is 2.17. The summed E-state index contributed by atoms with van der Waals surface area (Å²) in [7, 11) is 0. The van der Waals surface area contributed by atoms with Crippen molar-refractivity contribution in [1.82, 2.24) is 5.32 Å². The van der Waals surface area contributed by atoms with E-state index < -0.39 is 0 Å². The van der Waals surface area contributed by atoms with Crippen molar-refractivity contribution in [2.75, 3.05) is 30.3 Å². The first-order chi connectivity index (χ1) is 13.5. The van der Waals surface area contributed by atoms with Crippen LogP contribution >= 0.6 is 0 Å². The molecule has 0 bridgehead atoms. The Morgan fingerprint density at radius 3 is 2.61 bits per heavy atom. The van der Waals surface area contributed by atoms with Gasteiger partial charge in [0.05, 0.1) is 12.6 Å². The number of hydrogen-bond acceptors (Lipinski definition) is 4. The molecule has 0 aromatic heterocycles. The molecule has 3 rings (SSSR count). The number of amides is 2. The van der Waals surface area contributed by atoms with Gasteiger partial charge in [0.15, 0.2) is 0 Å². The summed E-state index contributed by atoms with van der Waals surface area (Å²) in [4.78, 5) is 24.4. The Kier molecular flexibility index (Phi) is 6.66. The average Bonchev–Trinajstić information content (AvgIpc) is 3.21. The molecule has 28 heavy (non-hydrogen) atoms. The number of anilines is 2. The van der Waals surface area contributed by atoms with Crippen molar-refractivity contribution < 1.29 is 14.3 Å². The second-order valence-corrected chi connectivity index (χ2v) is 7.14. The molecule has 1 aliphatic heterocycles. The summed E-state index contributed by atoms with van der Waals surface area (Å²) in [5, 5.41) is 8.89. The number of ether oxygens (including phenoxy) is 1. The normalized spacial score (nSPS) is 15.9. The van der Waals surface area contributed by atoms with Gasteiger partial charge in [0.25, 0.3) is 5.91 Å². The summed E-state index contributed by atoms with van der Waals surface area (Å²) in [5.74, 6) is -0.234. The van der Waals surface area contributed by atoms with E-state index in [1.165, 1.54) is 0 Å². The third-order valence-electron chi connectivity index (χ3n) is 4.78. The lowest BCUT2D eigenvalue weighted by molar-refractivity contribution is -0.114. The van der Waals surface area contributed by atoms with Gasteiger partial charge in [-0.05, 0) is 68.1 Å².